The Bertz CT molecular complexity index is 1420. The quantitative estimate of drug-likeness (QED) is 0.376. The van der Waals surface area contributed by atoms with Gasteiger partial charge < -0.3 is 15.7 Å². The van der Waals surface area contributed by atoms with E-state index in [2.05, 4.69) is 26.8 Å². The number of nitrogen functional groups attached to an aromatic ring is 1. The number of hydrogen-bond acceptors (Lipinski definition) is 6. The van der Waals surface area contributed by atoms with Crippen LogP contribution >= 0.6 is 0 Å². The summed E-state index contributed by atoms with van der Waals surface area (Å²) in [5.74, 6) is 5.18. The number of aliphatic hydroxyl groups is 1. The Labute approximate surface area is 218 Å². The summed E-state index contributed by atoms with van der Waals surface area (Å²) in [5.41, 5.74) is 5.95. The van der Waals surface area contributed by atoms with Gasteiger partial charge in [-0.3, -0.25) is 4.57 Å². The number of piperidine rings is 1. The molecular formula is C27H30F4N6O. The van der Waals surface area contributed by atoms with E-state index in [0.717, 1.165) is 42.8 Å². The minimum Gasteiger partial charge on any atom is -0.378 e. The van der Waals surface area contributed by atoms with Gasteiger partial charge in [-0.2, -0.15) is 18.2 Å². The third-order valence-electron chi connectivity index (χ3n) is 7.62. The molecule has 4 heterocycles. The average Bonchev–Trinajstić information content (AvgIpc) is 3.65. The van der Waals surface area contributed by atoms with E-state index < -0.39 is 29.4 Å². The Morgan fingerprint density at radius 2 is 2.00 bits per heavy atom. The number of aromatic nitrogens is 4. The van der Waals surface area contributed by atoms with Crippen molar-refractivity contribution in [3.63, 3.8) is 0 Å². The molecule has 2 atom stereocenters. The van der Waals surface area contributed by atoms with Crippen LogP contribution in [0.2, 0.25) is 0 Å². The highest BCUT2D eigenvalue weighted by Crippen LogP contribution is 2.41. The third kappa shape index (κ3) is 5.47. The molecule has 1 aliphatic heterocycles. The van der Waals surface area contributed by atoms with E-state index >= 15 is 0 Å². The van der Waals surface area contributed by atoms with Crippen molar-refractivity contribution in [2.75, 3.05) is 25.4 Å². The Morgan fingerprint density at radius 3 is 2.71 bits per heavy atom. The van der Waals surface area contributed by atoms with Crippen molar-refractivity contribution in [3.05, 3.63) is 41.7 Å². The van der Waals surface area contributed by atoms with Gasteiger partial charge in [0, 0.05) is 36.3 Å². The van der Waals surface area contributed by atoms with E-state index in [1.54, 1.807) is 30.0 Å². The third-order valence-corrected chi connectivity index (χ3v) is 7.62. The Morgan fingerprint density at radius 1 is 1.24 bits per heavy atom. The van der Waals surface area contributed by atoms with Crippen LogP contribution in [-0.2, 0) is 5.41 Å². The number of alkyl halides is 3. The molecule has 3 aromatic heterocycles. The summed E-state index contributed by atoms with van der Waals surface area (Å²) in [6.45, 7) is 4.62. The molecule has 0 aromatic carbocycles. The fourth-order valence-corrected chi connectivity index (χ4v) is 5.36. The minimum atomic E-state index is -4.22. The monoisotopic (exact) mass is 530 g/mol. The second-order valence-electron chi connectivity index (χ2n) is 10.9. The molecule has 5 rings (SSSR count). The van der Waals surface area contributed by atoms with Crippen LogP contribution in [0.5, 0.6) is 0 Å². The van der Waals surface area contributed by atoms with Crippen molar-refractivity contribution in [3.8, 4) is 17.7 Å². The van der Waals surface area contributed by atoms with E-state index in [0.29, 0.717) is 24.3 Å². The van der Waals surface area contributed by atoms with Crippen molar-refractivity contribution >= 4 is 16.9 Å². The maximum Gasteiger partial charge on any atom is 0.390 e. The zero-order chi connectivity index (χ0) is 27.3. The van der Waals surface area contributed by atoms with Crippen LogP contribution in [0.25, 0.3) is 16.7 Å². The standard InChI is InChI=1S/C27H30F4N6O/c1-25(7-3-10-36(16-25)11-9-27(29,30)31)20-15-37(23-21(28)14-34-24(32)35-23)22-12-18(33-13-19(20)22)6-8-26(2,38)17-4-5-17/h12-15,17,38H,3-5,7,9-11,16H2,1-2H3,(H2,32,34,35)/t25-,26?/m1/s1. The normalized spacial score (nSPS) is 22.2. The van der Waals surface area contributed by atoms with Crippen molar-refractivity contribution in [1.82, 2.24) is 24.4 Å². The Balaban J connectivity index is 1.58. The lowest BCUT2D eigenvalue weighted by atomic mass is 9.76. The number of pyridine rings is 1. The average molecular weight is 531 g/mol. The molecule has 1 unspecified atom stereocenters. The second-order valence-corrected chi connectivity index (χ2v) is 10.9. The summed E-state index contributed by atoms with van der Waals surface area (Å²) in [6, 6.07) is 1.71. The lowest BCUT2D eigenvalue weighted by Gasteiger charge is -2.40. The fourth-order valence-electron chi connectivity index (χ4n) is 5.36. The molecule has 2 aliphatic rings. The van der Waals surface area contributed by atoms with E-state index in [-0.39, 0.29) is 24.2 Å². The van der Waals surface area contributed by atoms with Crippen molar-refractivity contribution in [2.24, 2.45) is 5.92 Å². The molecule has 11 heteroatoms. The number of fused-ring (bicyclic) bond motifs is 1. The Hall–Kier alpha value is -3.23. The summed E-state index contributed by atoms with van der Waals surface area (Å²) in [7, 11) is 0. The van der Waals surface area contributed by atoms with Crippen LogP contribution in [0.3, 0.4) is 0 Å². The number of halogens is 4. The van der Waals surface area contributed by atoms with Gasteiger partial charge in [0.05, 0.1) is 18.1 Å². The summed E-state index contributed by atoms with van der Waals surface area (Å²) < 4.78 is 55.2. The van der Waals surface area contributed by atoms with Gasteiger partial charge in [-0.25, -0.2) is 14.4 Å². The van der Waals surface area contributed by atoms with Gasteiger partial charge in [0.25, 0.3) is 0 Å². The smallest absolute Gasteiger partial charge is 0.378 e. The maximum absolute atomic E-state index is 14.9. The SMILES string of the molecule is CC(O)(C#Cc1cc2c(cn1)c([C@]1(C)CCCN(CCC(F)(F)F)C1)cn2-c1nc(N)ncc1F)C1CC1. The summed E-state index contributed by atoms with van der Waals surface area (Å²) in [4.78, 5) is 14.2. The van der Waals surface area contributed by atoms with Gasteiger partial charge in [0.15, 0.2) is 11.6 Å². The molecule has 38 heavy (non-hydrogen) atoms. The number of likely N-dealkylation sites (tertiary alicyclic amines) is 1. The summed E-state index contributed by atoms with van der Waals surface area (Å²) >= 11 is 0. The molecule has 0 amide bonds. The van der Waals surface area contributed by atoms with E-state index in [9.17, 15) is 22.7 Å². The van der Waals surface area contributed by atoms with Gasteiger partial charge in [0.2, 0.25) is 5.95 Å². The zero-order valence-electron chi connectivity index (χ0n) is 21.3. The highest BCUT2D eigenvalue weighted by atomic mass is 19.4. The van der Waals surface area contributed by atoms with Gasteiger partial charge >= 0.3 is 6.18 Å². The molecule has 3 aromatic rings. The number of rotatable bonds is 5. The molecule has 1 saturated heterocycles. The largest absolute Gasteiger partial charge is 0.390 e. The first kappa shape index (κ1) is 26.4. The molecule has 0 spiro atoms. The van der Waals surface area contributed by atoms with E-state index in [1.165, 1.54) is 0 Å². The van der Waals surface area contributed by atoms with E-state index in [4.69, 9.17) is 5.73 Å². The highest BCUT2D eigenvalue weighted by Gasteiger charge is 2.39. The van der Waals surface area contributed by atoms with Crippen LogP contribution < -0.4 is 5.73 Å². The molecule has 1 aliphatic carbocycles. The molecule has 1 saturated carbocycles. The van der Waals surface area contributed by atoms with Crippen molar-refractivity contribution in [1.29, 1.82) is 0 Å². The highest BCUT2D eigenvalue weighted by molar-refractivity contribution is 5.86. The van der Waals surface area contributed by atoms with Gasteiger partial charge in [-0.05, 0) is 62.6 Å². The van der Waals surface area contributed by atoms with Gasteiger partial charge in [-0.1, -0.05) is 12.8 Å². The van der Waals surface area contributed by atoms with E-state index in [1.807, 2.05) is 11.8 Å². The second kappa shape index (κ2) is 9.50. The lowest BCUT2D eigenvalue weighted by Crippen LogP contribution is -2.45. The molecular weight excluding hydrogens is 500 g/mol. The molecule has 7 nitrogen and oxygen atoms in total. The molecule has 2 fully saturated rings. The fraction of sp³-hybridized carbons (Fsp3) is 0.519. The van der Waals surface area contributed by atoms with Crippen molar-refractivity contribution < 1.29 is 22.7 Å². The predicted molar refractivity (Wildman–Crippen MR) is 135 cm³/mol. The topological polar surface area (TPSA) is 93.1 Å². The van der Waals surface area contributed by atoms with Crippen LogP contribution in [0.1, 0.15) is 57.2 Å². The van der Waals surface area contributed by atoms with Crippen LogP contribution in [0.4, 0.5) is 23.5 Å². The number of hydrogen-bond donors (Lipinski definition) is 2. The number of nitrogens with zero attached hydrogens (tertiary/aromatic N) is 5. The lowest BCUT2D eigenvalue weighted by molar-refractivity contribution is -0.139. The molecule has 0 bridgehead atoms. The zero-order valence-corrected chi connectivity index (χ0v) is 21.3. The molecule has 3 N–H and O–H groups in total. The molecule has 202 valence electrons. The van der Waals surface area contributed by atoms with Gasteiger partial charge in [0.1, 0.15) is 11.3 Å². The predicted octanol–water partition coefficient (Wildman–Crippen LogP) is 4.36. The molecule has 0 radical (unpaired) electrons. The van der Waals surface area contributed by atoms with Crippen LogP contribution in [-0.4, -0.2) is 60.9 Å². The number of nitrogens with two attached hydrogens (primary N) is 1. The van der Waals surface area contributed by atoms with Gasteiger partial charge in [-0.15, -0.1) is 0 Å². The van der Waals surface area contributed by atoms with Crippen LogP contribution in [0, 0.1) is 23.6 Å². The summed E-state index contributed by atoms with van der Waals surface area (Å²) in [5, 5.41) is 11.3. The minimum absolute atomic E-state index is 0.0443. The first-order chi connectivity index (χ1) is 17.8. The Kier molecular flexibility index (Phi) is 6.60. The maximum atomic E-state index is 14.9. The van der Waals surface area contributed by atoms with Crippen molar-refractivity contribution in [2.45, 2.75) is 63.1 Å². The van der Waals surface area contributed by atoms with Crippen LogP contribution in [0.15, 0.2) is 24.7 Å². The first-order valence-corrected chi connectivity index (χ1v) is 12.7. The summed E-state index contributed by atoms with van der Waals surface area (Å²) in [6.07, 6.45) is 2.64. The first-order valence-electron chi connectivity index (χ1n) is 12.7. The number of anilines is 1.